The zero-order chi connectivity index (χ0) is 36.0. The molecule has 1 aromatic carbocycles. The predicted molar refractivity (Wildman–Crippen MR) is 175 cm³/mol. The van der Waals surface area contributed by atoms with E-state index in [1.807, 2.05) is 6.92 Å². The van der Waals surface area contributed by atoms with Gasteiger partial charge in [0, 0.05) is 37.6 Å². The molecule has 13 nitrogen and oxygen atoms in total. The highest BCUT2D eigenvalue weighted by atomic mass is 19.4. The highest BCUT2D eigenvalue weighted by molar-refractivity contribution is 5.95. The molecule has 260 valence electrons. The van der Waals surface area contributed by atoms with Crippen LogP contribution in [0.15, 0.2) is 29.3 Å². The van der Waals surface area contributed by atoms with E-state index >= 15 is 0 Å². The van der Waals surface area contributed by atoms with E-state index in [0.29, 0.717) is 11.4 Å². The van der Waals surface area contributed by atoms with E-state index in [1.165, 1.54) is 38.1 Å². The van der Waals surface area contributed by atoms with Crippen molar-refractivity contribution in [2.75, 3.05) is 36.4 Å². The second-order valence-corrected chi connectivity index (χ2v) is 12.5. The van der Waals surface area contributed by atoms with Crippen molar-refractivity contribution in [3.8, 4) is 5.75 Å². The summed E-state index contributed by atoms with van der Waals surface area (Å²) in [5.41, 5.74) is -0.930. The summed E-state index contributed by atoms with van der Waals surface area (Å²) in [6.07, 6.45) is -3.06. The van der Waals surface area contributed by atoms with Crippen LogP contribution < -0.4 is 15.6 Å². The summed E-state index contributed by atoms with van der Waals surface area (Å²) in [5, 5.41) is 23.8. The SMILES string of the molecule is CCc1c(N2CCN(C(=O)c3ncnc(C)c3O)CC2)c(=O)c2nc(C(C)(C)O)c(C)nc2n1CC(=O)Nc1ccc(C(F)(F)F)cc1C. The number of piperazine rings is 1. The van der Waals surface area contributed by atoms with E-state index in [-0.39, 0.29) is 90.1 Å². The van der Waals surface area contributed by atoms with Gasteiger partial charge in [0.15, 0.2) is 22.6 Å². The number of rotatable bonds is 7. The number of amides is 2. The minimum absolute atomic E-state index is 0.0756. The Labute approximate surface area is 279 Å². The minimum atomic E-state index is -4.54. The molecule has 1 aliphatic rings. The van der Waals surface area contributed by atoms with Gasteiger partial charge in [-0.3, -0.25) is 14.4 Å². The van der Waals surface area contributed by atoms with E-state index in [4.69, 9.17) is 0 Å². The molecule has 4 heterocycles. The molecule has 0 radical (unpaired) electrons. The number of carbonyl (C=O) groups excluding carboxylic acids is 2. The number of hydrogen-bond acceptors (Lipinski definition) is 10. The molecule has 16 heteroatoms. The molecular weight excluding hydrogens is 645 g/mol. The van der Waals surface area contributed by atoms with Crippen molar-refractivity contribution < 1.29 is 33.0 Å². The van der Waals surface area contributed by atoms with Gasteiger partial charge in [-0.05, 0) is 64.8 Å². The van der Waals surface area contributed by atoms with Gasteiger partial charge in [-0.15, -0.1) is 0 Å². The Hall–Kier alpha value is -5.12. The largest absolute Gasteiger partial charge is 0.504 e. The van der Waals surface area contributed by atoms with E-state index < -0.39 is 34.6 Å². The first kappa shape index (κ1) is 35.2. The molecule has 1 aliphatic heterocycles. The number of nitrogens with zero attached hydrogens (tertiary/aromatic N) is 7. The maximum Gasteiger partial charge on any atom is 0.416 e. The van der Waals surface area contributed by atoms with Gasteiger partial charge < -0.3 is 29.9 Å². The molecule has 3 aromatic heterocycles. The number of aliphatic hydroxyl groups is 1. The van der Waals surface area contributed by atoms with Crippen LogP contribution in [-0.2, 0) is 29.5 Å². The normalized spacial score (nSPS) is 14.0. The molecule has 0 unspecified atom stereocenters. The fraction of sp³-hybridized carbons (Fsp3) is 0.424. The van der Waals surface area contributed by atoms with Crippen LogP contribution in [0.1, 0.15) is 65.2 Å². The molecule has 0 bridgehead atoms. The lowest BCUT2D eigenvalue weighted by molar-refractivity contribution is -0.137. The molecule has 4 aromatic rings. The van der Waals surface area contributed by atoms with Crippen LogP contribution in [0.3, 0.4) is 0 Å². The van der Waals surface area contributed by atoms with Crippen molar-refractivity contribution in [3.05, 3.63) is 74.3 Å². The number of carbonyl (C=O) groups is 2. The molecule has 0 saturated carbocycles. The Kier molecular flexibility index (Phi) is 9.38. The topological polar surface area (TPSA) is 167 Å². The number of fused-ring (bicyclic) bond motifs is 1. The number of halogens is 3. The van der Waals surface area contributed by atoms with E-state index in [0.717, 1.165) is 12.1 Å². The van der Waals surface area contributed by atoms with Crippen molar-refractivity contribution in [1.29, 1.82) is 0 Å². The molecule has 3 N–H and O–H groups in total. The fourth-order valence-corrected chi connectivity index (χ4v) is 6.00. The first-order chi connectivity index (χ1) is 22.9. The second kappa shape index (κ2) is 13.1. The number of aromatic nitrogens is 5. The van der Waals surface area contributed by atoms with Gasteiger partial charge in [-0.1, -0.05) is 6.92 Å². The monoisotopic (exact) mass is 682 g/mol. The Bertz CT molecular complexity index is 2020. The molecule has 1 saturated heterocycles. The van der Waals surface area contributed by atoms with Crippen molar-refractivity contribution in [3.63, 3.8) is 0 Å². The molecule has 0 spiro atoms. The average Bonchev–Trinajstić information content (AvgIpc) is 3.03. The zero-order valence-electron chi connectivity index (χ0n) is 27.9. The van der Waals surface area contributed by atoms with Crippen LogP contribution in [-0.4, -0.2) is 77.6 Å². The van der Waals surface area contributed by atoms with Gasteiger partial charge in [-0.25, -0.2) is 19.9 Å². The lowest BCUT2D eigenvalue weighted by atomic mass is 10.0. The average molecular weight is 683 g/mol. The zero-order valence-corrected chi connectivity index (χ0v) is 27.9. The maximum absolute atomic E-state index is 14.2. The van der Waals surface area contributed by atoms with E-state index in [2.05, 4.69) is 25.3 Å². The summed E-state index contributed by atoms with van der Waals surface area (Å²) in [4.78, 5) is 61.3. The van der Waals surface area contributed by atoms with Crippen LogP contribution in [0.2, 0.25) is 0 Å². The first-order valence-electron chi connectivity index (χ1n) is 15.6. The summed E-state index contributed by atoms with van der Waals surface area (Å²) in [6, 6.07) is 3.02. The van der Waals surface area contributed by atoms with Gasteiger partial charge in [0.1, 0.15) is 24.2 Å². The smallest absolute Gasteiger partial charge is 0.416 e. The number of nitrogens with one attached hydrogen (secondary N) is 1. The van der Waals surface area contributed by atoms with Gasteiger partial charge in [0.05, 0.1) is 22.6 Å². The van der Waals surface area contributed by atoms with Crippen molar-refractivity contribution in [2.45, 2.75) is 66.3 Å². The lowest BCUT2D eigenvalue weighted by Crippen LogP contribution is -2.50. The highest BCUT2D eigenvalue weighted by Gasteiger charge is 2.33. The third kappa shape index (κ3) is 6.90. The summed E-state index contributed by atoms with van der Waals surface area (Å²) < 4.78 is 41.2. The quantitative estimate of drug-likeness (QED) is 0.262. The minimum Gasteiger partial charge on any atom is -0.504 e. The number of aryl methyl sites for hydroxylation is 3. The predicted octanol–water partition coefficient (Wildman–Crippen LogP) is 3.62. The second-order valence-electron chi connectivity index (χ2n) is 12.5. The van der Waals surface area contributed by atoms with E-state index in [1.54, 1.807) is 23.3 Å². The number of hydrogen-bond donors (Lipinski definition) is 3. The fourth-order valence-electron chi connectivity index (χ4n) is 6.00. The third-order valence-corrected chi connectivity index (χ3v) is 8.47. The number of anilines is 2. The number of aromatic hydroxyl groups is 1. The standard InChI is InChI=1S/C33H37F3N8O5/c1-7-22-26(42-10-12-43(13-11-42)31(48)25-27(46)18(3)37-16-38-25)28(47)24-30(39-19(4)29(41-24)32(5,6)49)44(22)15-23(45)40-21-9-8-20(14-17(21)2)33(34,35)36/h8-9,14,16,46,49H,7,10-13,15H2,1-6H3,(H,40,45). The molecule has 1 fully saturated rings. The first-order valence-corrected chi connectivity index (χ1v) is 15.6. The van der Waals surface area contributed by atoms with Gasteiger partial charge >= 0.3 is 6.18 Å². The van der Waals surface area contributed by atoms with Crippen LogP contribution >= 0.6 is 0 Å². The van der Waals surface area contributed by atoms with Crippen LogP contribution in [0.4, 0.5) is 24.5 Å². The van der Waals surface area contributed by atoms with Crippen molar-refractivity contribution in [2.24, 2.45) is 0 Å². The van der Waals surface area contributed by atoms with Gasteiger partial charge in [0.25, 0.3) is 5.91 Å². The molecule has 0 atom stereocenters. The third-order valence-electron chi connectivity index (χ3n) is 8.47. The summed E-state index contributed by atoms with van der Waals surface area (Å²) >= 11 is 0. The Morgan fingerprint density at radius 3 is 2.27 bits per heavy atom. The number of pyridine rings is 1. The van der Waals surface area contributed by atoms with Crippen molar-refractivity contribution >= 4 is 34.4 Å². The molecule has 5 rings (SSSR count). The molecule has 2 amide bonds. The summed E-state index contributed by atoms with van der Waals surface area (Å²) in [6.45, 7) is 9.95. The highest BCUT2D eigenvalue weighted by Crippen LogP contribution is 2.32. The van der Waals surface area contributed by atoms with Crippen LogP contribution in [0.25, 0.3) is 11.2 Å². The number of alkyl halides is 3. The van der Waals surface area contributed by atoms with Crippen molar-refractivity contribution in [1.82, 2.24) is 29.4 Å². The Balaban J connectivity index is 1.54. The Morgan fingerprint density at radius 1 is 1.00 bits per heavy atom. The Morgan fingerprint density at radius 2 is 1.67 bits per heavy atom. The summed E-state index contributed by atoms with van der Waals surface area (Å²) in [5.74, 6) is -1.36. The molecule has 0 aliphatic carbocycles. The lowest BCUT2D eigenvalue weighted by Gasteiger charge is -2.37. The van der Waals surface area contributed by atoms with Gasteiger partial charge in [-0.2, -0.15) is 13.2 Å². The summed E-state index contributed by atoms with van der Waals surface area (Å²) in [7, 11) is 0. The van der Waals surface area contributed by atoms with Crippen LogP contribution in [0.5, 0.6) is 5.75 Å². The van der Waals surface area contributed by atoms with Gasteiger partial charge in [0.2, 0.25) is 11.3 Å². The maximum atomic E-state index is 14.2. The molecular formula is C33H37F3N8O5. The number of benzene rings is 1. The molecule has 49 heavy (non-hydrogen) atoms. The van der Waals surface area contributed by atoms with E-state index in [9.17, 15) is 37.8 Å². The van der Waals surface area contributed by atoms with Crippen LogP contribution in [0, 0.1) is 20.8 Å².